The third-order valence-corrected chi connectivity index (χ3v) is 6.02. The van der Waals surface area contributed by atoms with Crippen molar-refractivity contribution < 1.29 is 5.11 Å². The Morgan fingerprint density at radius 3 is 2.86 bits per heavy atom. The molecular formula is C21H32N6O. The number of piperidine rings is 1. The lowest BCUT2D eigenvalue weighted by Gasteiger charge is -2.40. The van der Waals surface area contributed by atoms with Crippen molar-refractivity contribution in [1.29, 1.82) is 0 Å². The molecule has 0 radical (unpaired) electrons. The van der Waals surface area contributed by atoms with E-state index in [0.717, 1.165) is 49.9 Å². The van der Waals surface area contributed by atoms with Gasteiger partial charge in [0.15, 0.2) is 0 Å². The fraction of sp³-hybridized carbons (Fsp3) is 0.667. The number of aromatic amines is 1. The van der Waals surface area contributed by atoms with Crippen LogP contribution in [-0.2, 0) is 23.8 Å². The Hall–Kier alpha value is -1.99. The minimum absolute atomic E-state index is 0.0960. The summed E-state index contributed by atoms with van der Waals surface area (Å²) in [5.74, 6) is 2.83. The van der Waals surface area contributed by atoms with E-state index in [-0.39, 0.29) is 17.4 Å². The molecule has 1 aliphatic heterocycles. The number of anilines is 1. The highest BCUT2D eigenvalue weighted by Crippen LogP contribution is 2.46. The van der Waals surface area contributed by atoms with Crippen molar-refractivity contribution >= 4 is 5.82 Å². The van der Waals surface area contributed by atoms with Gasteiger partial charge >= 0.3 is 0 Å². The highest BCUT2D eigenvalue weighted by atomic mass is 16.3. The molecular weight excluding hydrogens is 352 g/mol. The molecule has 2 aromatic heterocycles. The van der Waals surface area contributed by atoms with Gasteiger partial charge in [-0.05, 0) is 32.2 Å². The lowest BCUT2D eigenvalue weighted by molar-refractivity contribution is 0.134. The van der Waals surface area contributed by atoms with E-state index >= 15 is 0 Å². The van der Waals surface area contributed by atoms with Crippen molar-refractivity contribution in [2.45, 2.75) is 63.8 Å². The molecule has 1 unspecified atom stereocenters. The Balaban J connectivity index is 1.68. The molecule has 28 heavy (non-hydrogen) atoms. The van der Waals surface area contributed by atoms with Crippen molar-refractivity contribution in [1.82, 2.24) is 24.8 Å². The van der Waals surface area contributed by atoms with Crippen LogP contribution in [0.4, 0.5) is 5.82 Å². The second-order valence-corrected chi connectivity index (χ2v) is 9.25. The van der Waals surface area contributed by atoms with Crippen molar-refractivity contribution in [2.75, 3.05) is 31.6 Å². The topological polar surface area (TPSA) is 90.0 Å². The maximum atomic E-state index is 9.28. The summed E-state index contributed by atoms with van der Waals surface area (Å²) in [6, 6.07) is 0. The summed E-state index contributed by atoms with van der Waals surface area (Å²) >= 11 is 0. The molecule has 1 atom stereocenters. The predicted molar refractivity (Wildman–Crippen MR) is 109 cm³/mol. The molecule has 1 fully saturated rings. The Morgan fingerprint density at radius 2 is 2.14 bits per heavy atom. The summed E-state index contributed by atoms with van der Waals surface area (Å²) in [4.78, 5) is 20.1. The fourth-order valence-corrected chi connectivity index (χ4v) is 4.65. The van der Waals surface area contributed by atoms with Crippen LogP contribution in [0.3, 0.4) is 0 Å². The van der Waals surface area contributed by atoms with Gasteiger partial charge in [0, 0.05) is 41.9 Å². The number of hydrogen-bond acceptors (Lipinski definition) is 6. The Labute approximate surface area is 167 Å². The molecule has 3 N–H and O–H groups in total. The largest absolute Gasteiger partial charge is 0.395 e. The molecule has 152 valence electrons. The second kappa shape index (κ2) is 7.44. The number of nitrogens with zero attached hydrogens (tertiary/aromatic N) is 4. The van der Waals surface area contributed by atoms with Gasteiger partial charge in [-0.15, -0.1) is 0 Å². The lowest BCUT2D eigenvalue weighted by atomic mass is 9.77. The van der Waals surface area contributed by atoms with E-state index in [1.807, 2.05) is 12.4 Å². The van der Waals surface area contributed by atoms with Crippen LogP contribution in [-0.4, -0.2) is 56.2 Å². The first-order chi connectivity index (χ1) is 13.4. The van der Waals surface area contributed by atoms with Gasteiger partial charge in [0.05, 0.1) is 18.8 Å². The van der Waals surface area contributed by atoms with E-state index in [2.05, 4.69) is 41.0 Å². The first-order valence-corrected chi connectivity index (χ1v) is 10.4. The molecule has 0 saturated carbocycles. The van der Waals surface area contributed by atoms with Gasteiger partial charge in [-0.25, -0.2) is 15.0 Å². The van der Waals surface area contributed by atoms with Gasteiger partial charge in [0.25, 0.3) is 0 Å². The van der Waals surface area contributed by atoms with E-state index < -0.39 is 0 Å². The first kappa shape index (κ1) is 19.3. The number of imidazole rings is 1. The third-order valence-electron chi connectivity index (χ3n) is 6.02. The minimum atomic E-state index is -0.114. The van der Waals surface area contributed by atoms with Crippen molar-refractivity contribution in [3.63, 3.8) is 0 Å². The highest BCUT2D eigenvalue weighted by Gasteiger charge is 2.45. The zero-order valence-corrected chi connectivity index (χ0v) is 17.3. The Morgan fingerprint density at radius 1 is 1.29 bits per heavy atom. The number of rotatable bonds is 5. The van der Waals surface area contributed by atoms with Crippen LogP contribution in [0.2, 0.25) is 0 Å². The number of fused-ring (bicyclic) bond motifs is 2. The summed E-state index contributed by atoms with van der Waals surface area (Å²) in [5.41, 5.74) is 2.47. The molecule has 1 saturated heterocycles. The van der Waals surface area contributed by atoms with E-state index in [1.54, 1.807) is 0 Å². The molecule has 0 bridgehead atoms. The fourth-order valence-electron chi connectivity index (χ4n) is 4.65. The summed E-state index contributed by atoms with van der Waals surface area (Å²) in [5, 5.41) is 12.6. The average molecular weight is 385 g/mol. The van der Waals surface area contributed by atoms with Crippen LogP contribution in [0.5, 0.6) is 0 Å². The predicted octanol–water partition coefficient (Wildman–Crippen LogP) is 2.38. The molecule has 2 aliphatic rings. The number of aliphatic hydroxyl groups is 1. The molecule has 1 aliphatic carbocycles. The Bertz CT molecular complexity index is 813. The summed E-state index contributed by atoms with van der Waals surface area (Å²) in [7, 11) is 0. The SMILES string of the molecule is CC(C)(C)c1nc(NCCO)c2c(n1)C1(CCCN(Cc3ncc[nH]3)C1)CC2. The standard InChI is InChI=1S/C21H32N6O/c1-20(2,3)19-25-17-15(18(26-19)24-10-12-28)5-7-21(17)6-4-11-27(14-21)13-16-22-8-9-23-16/h8-9,28H,4-7,10-14H2,1-3H3,(H,22,23)(H,24,25,26). The maximum absolute atomic E-state index is 9.28. The van der Waals surface area contributed by atoms with Crippen LogP contribution in [0.15, 0.2) is 12.4 Å². The minimum Gasteiger partial charge on any atom is -0.395 e. The van der Waals surface area contributed by atoms with Gasteiger partial charge in [-0.2, -0.15) is 0 Å². The molecule has 4 rings (SSSR count). The van der Waals surface area contributed by atoms with E-state index in [9.17, 15) is 5.11 Å². The zero-order chi connectivity index (χ0) is 19.8. The van der Waals surface area contributed by atoms with Crippen molar-refractivity contribution in [2.24, 2.45) is 0 Å². The molecule has 3 heterocycles. The normalized spacial score (nSPS) is 22.6. The molecule has 0 amide bonds. The second-order valence-electron chi connectivity index (χ2n) is 9.25. The van der Waals surface area contributed by atoms with Crippen molar-refractivity contribution in [3.05, 3.63) is 35.3 Å². The number of aliphatic hydroxyl groups excluding tert-OH is 1. The summed E-state index contributed by atoms with van der Waals surface area (Å²) in [6.07, 6.45) is 8.18. The maximum Gasteiger partial charge on any atom is 0.136 e. The zero-order valence-electron chi connectivity index (χ0n) is 17.3. The third kappa shape index (κ3) is 3.65. The van der Waals surface area contributed by atoms with E-state index in [0.29, 0.717) is 6.54 Å². The van der Waals surface area contributed by atoms with Gasteiger partial charge in [0.1, 0.15) is 17.5 Å². The van der Waals surface area contributed by atoms with Gasteiger partial charge < -0.3 is 15.4 Å². The van der Waals surface area contributed by atoms with Gasteiger partial charge in [-0.1, -0.05) is 20.8 Å². The molecule has 7 nitrogen and oxygen atoms in total. The molecule has 0 aromatic carbocycles. The van der Waals surface area contributed by atoms with Gasteiger partial charge in [-0.3, -0.25) is 4.90 Å². The highest BCUT2D eigenvalue weighted by molar-refractivity contribution is 5.52. The van der Waals surface area contributed by atoms with Crippen LogP contribution >= 0.6 is 0 Å². The monoisotopic (exact) mass is 384 g/mol. The quantitative estimate of drug-likeness (QED) is 0.733. The smallest absolute Gasteiger partial charge is 0.136 e. The first-order valence-electron chi connectivity index (χ1n) is 10.4. The number of nitrogens with one attached hydrogen (secondary N) is 2. The van der Waals surface area contributed by atoms with E-state index in [1.165, 1.54) is 24.1 Å². The number of likely N-dealkylation sites (tertiary alicyclic amines) is 1. The molecule has 1 spiro atoms. The Kier molecular flexibility index (Phi) is 5.14. The number of aromatic nitrogens is 4. The van der Waals surface area contributed by atoms with Crippen LogP contribution < -0.4 is 5.32 Å². The average Bonchev–Trinajstić information content (AvgIpc) is 3.28. The van der Waals surface area contributed by atoms with Crippen LogP contribution in [0, 0.1) is 0 Å². The van der Waals surface area contributed by atoms with Crippen LogP contribution in [0.1, 0.15) is 62.9 Å². The van der Waals surface area contributed by atoms with E-state index in [4.69, 9.17) is 9.97 Å². The number of H-pyrrole nitrogens is 1. The van der Waals surface area contributed by atoms with Crippen molar-refractivity contribution in [3.8, 4) is 0 Å². The van der Waals surface area contributed by atoms with Gasteiger partial charge in [0.2, 0.25) is 0 Å². The molecule has 7 heteroatoms. The lowest BCUT2D eigenvalue weighted by Crippen LogP contribution is -2.45. The number of hydrogen-bond donors (Lipinski definition) is 3. The van der Waals surface area contributed by atoms with Crippen LogP contribution in [0.25, 0.3) is 0 Å². The molecule has 2 aromatic rings. The summed E-state index contributed by atoms with van der Waals surface area (Å²) in [6.45, 7) is 10.1. The summed E-state index contributed by atoms with van der Waals surface area (Å²) < 4.78 is 0.